The summed E-state index contributed by atoms with van der Waals surface area (Å²) in [4.78, 5) is 18.3. The van der Waals surface area contributed by atoms with E-state index in [4.69, 9.17) is 5.26 Å². The number of rotatable bonds is 3. The third-order valence-corrected chi connectivity index (χ3v) is 4.59. The number of aromatic amines is 1. The van der Waals surface area contributed by atoms with Crippen LogP contribution < -0.4 is 5.56 Å². The number of H-pyrrole nitrogens is 1. The maximum Gasteiger partial charge on any atom is 0.280 e. The van der Waals surface area contributed by atoms with E-state index in [0.717, 1.165) is 21.7 Å². The Morgan fingerprint density at radius 3 is 2.62 bits per heavy atom. The average molecular weight is 336 g/mol. The molecule has 2 aromatic heterocycles. The number of nitrogens with zero attached hydrogens (tertiary/aromatic N) is 3. The minimum atomic E-state index is -0.148. The lowest BCUT2D eigenvalue weighted by atomic mass is 9.99. The summed E-state index contributed by atoms with van der Waals surface area (Å²) in [5.74, 6) is 0.554. The zero-order chi connectivity index (χ0) is 17.3. The summed E-state index contributed by atoms with van der Waals surface area (Å²) >= 11 is 1.60. The van der Waals surface area contributed by atoms with Gasteiger partial charge in [0.2, 0.25) is 0 Å². The fourth-order valence-electron chi connectivity index (χ4n) is 2.66. The molecule has 5 nitrogen and oxygen atoms in total. The Morgan fingerprint density at radius 1 is 1.25 bits per heavy atom. The number of pyridine rings is 1. The largest absolute Gasteiger partial charge is 0.293 e. The molecule has 1 aromatic carbocycles. The lowest BCUT2D eigenvalue weighted by molar-refractivity contribution is 0.804. The van der Waals surface area contributed by atoms with Crippen LogP contribution in [0.2, 0.25) is 0 Å². The summed E-state index contributed by atoms with van der Waals surface area (Å²) in [6.07, 6.45) is 3.72. The van der Waals surface area contributed by atoms with Gasteiger partial charge in [0.15, 0.2) is 5.82 Å². The Balaban J connectivity index is 2.13. The number of nitriles is 1. The number of nitrogens with one attached hydrogen (secondary N) is 1. The number of benzene rings is 1. The van der Waals surface area contributed by atoms with Crippen LogP contribution in [0.3, 0.4) is 0 Å². The third kappa shape index (κ3) is 2.74. The van der Waals surface area contributed by atoms with Gasteiger partial charge in [0, 0.05) is 16.8 Å². The molecule has 0 spiro atoms. The molecule has 3 rings (SSSR count). The Kier molecular flexibility index (Phi) is 4.28. The standard InChI is InChI=1S/C18H16N4OS/c1-11-8-13(9-19)4-6-15(11)17-12(2)21-22(18(17)23)16-7-5-14(24-3)10-20-16/h4-8,10,21H,1-3H3. The minimum Gasteiger partial charge on any atom is -0.293 e. The molecule has 3 aromatic rings. The second-order valence-corrected chi connectivity index (χ2v) is 6.33. The van der Waals surface area contributed by atoms with E-state index in [0.29, 0.717) is 16.9 Å². The Bertz CT molecular complexity index is 993. The average Bonchev–Trinajstić information content (AvgIpc) is 2.89. The van der Waals surface area contributed by atoms with Crippen molar-refractivity contribution in [2.45, 2.75) is 18.7 Å². The van der Waals surface area contributed by atoms with Crippen molar-refractivity contribution in [1.29, 1.82) is 5.26 Å². The highest BCUT2D eigenvalue weighted by Gasteiger charge is 2.16. The highest BCUT2D eigenvalue weighted by atomic mass is 32.2. The molecule has 0 atom stereocenters. The van der Waals surface area contributed by atoms with E-state index in [1.807, 2.05) is 38.3 Å². The molecule has 6 heteroatoms. The van der Waals surface area contributed by atoms with E-state index in [-0.39, 0.29) is 5.56 Å². The first kappa shape index (κ1) is 16.1. The Morgan fingerprint density at radius 2 is 2.04 bits per heavy atom. The normalized spacial score (nSPS) is 10.6. The van der Waals surface area contributed by atoms with Crippen molar-refractivity contribution in [2.75, 3.05) is 6.26 Å². The van der Waals surface area contributed by atoms with E-state index >= 15 is 0 Å². The topological polar surface area (TPSA) is 74.5 Å². The predicted molar refractivity (Wildman–Crippen MR) is 95.6 cm³/mol. The van der Waals surface area contributed by atoms with Gasteiger partial charge in [0.25, 0.3) is 5.56 Å². The third-order valence-electron chi connectivity index (χ3n) is 3.88. The maximum atomic E-state index is 12.9. The fraction of sp³-hybridized carbons (Fsp3) is 0.167. The van der Waals surface area contributed by atoms with Gasteiger partial charge in [0.05, 0.1) is 17.2 Å². The van der Waals surface area contributed by atoms with Gasteiger partial charge in [0.1, 0.15) is 0 Å². The van der Waals surface area contributed by atoms with Crippen LogP contribution in [0.4, 0.5) is 0 Å². The smallest absolute Gasteiger partial charge is 0.280 e. The van der Waals surface area contributed by atoms with Crippen molar-refractivity contribution < 1.29 is 0 Å². The van der Waals surface area contributed by atoms with Crippen LogP contribution in [0.1, 0.15) is 16.8 Å². The SMILES string of the molecule is CSc1ccc(-n2[nH]c(C)c(-c3ccc(C#N)cc3C)c2=O)nc1. The van der Waals surface area contributed by atoms with Crippen LogP contribution >= 0.6 is 11.8 Å². The summed E-state index contributed by atoms with van der Waals surface area (Å²) in [5.41, 5.74) is 3.53. The molecule has 0 aliphatic carbocycles. The lowest BCUT2D eigenvalue weighted by Crippen LogP contribution is -2.17. The van der Waals surface area contributed by atoms with Crippen molar-refractivity contribution in [2.24, 2.45) is 0 Å². The van der Waals surface area contributed by atoms with Gasteiger partial charge >= 0.3 is 0 Å². The van der Waals surface area contributed by atoms with Crippen molar-refractivity contribution in [3.63, 3.8) is 0 Å². The maximum absolute atomic E-state index is 12.9. The van der Waals surface area contributed by atoms with Gasteiger partial charge in [-0.25, -0.2) is 9.67 Å². The van der Waals surface area contributed by atoms with Crippen LogP contribution in [0.25, 0.3) is 16.9 Å². The first-order chi connectivity index (χ1) is 11.5. The van der Waals surface area contributed by atoms with E-state index < -0.39 is 0 Å². The number of hydrogen-bond donors (Lipinski definition) is 1. The van der Waals surface area contributed by atoms with Gasteiger partial charge < -0.3 is 0 Å². The van der Waals surface area contributed by atoms with Gasteiger partial charge in [-0.2, -0.15) is 5.26 Å². The molecule has 0 aliphatic rings. The van der Waals surface area contributed by atoms with Crippen molar-refractivity contribution in [1.82, 2.24) is 14.8 Å². The molecule has 0 aliphatic heterocycles. The van der Waals surface area contributed by atoms with Gasteiger partial charge in [-0.1, -0.05) is 6.07 Å². The van der Waals surface area contributed by atoms with Crippen LogP contribution in [0.15, 0.2) is 46.2 Å². The molecule has 0 fully saturated rings. The molecule has 0 bridgehead atoms. The molecule has 0 unspecified atom stereocenters. The Labute approximate surface area is 144 Å². The van der Waals surface area contributed by atoms with E-state index in [1.54, 1.807) is 30.1 Å². The molecule has 24 heavy (non-hydrogen) atoms. The molecule has 0 radical (unpaired) electrons. The number of thioether (sulfide) groups is 1. The summed E-state index contributed by atoms with van der Waals surface area (Å²) in [5, 5.41) is 12.1. The molecular formula is C18H16N4OS. The van der Waals surface area contributed by atoms with Gasteiger partial charge in [-0.15, -0.1) is 11.8 Å². The Hall–Kier alpha value is -2.78. The summed E-state index contributed by atoms with van der Waals surface area (Å²) < 4.78 is 1.45. The monoisotopic (exact) mass is 336 g/mol. The summed E-state index contributed by atoms with van der Waals surface area (Å²) in [6, 6.07) is 11.2. The van der Waals surface area contributed by atoms with Crippen molar-refractivity contribution in [3.05, 3.63) is 63.7 Å². The lowest BCUT2D eigenvalue weighted by Gasteiger charge is -2.04. The molecule has 0 saturated carbocycles. The molecular weight excluding hydrogens is 320 g/mol. The van der Waals surface area contributed by atoms with E-state index in [2.05, 4.69) is 16.2 Å². The highest BCUT2D eigenvalue weighted by Crippen LogP contribution is 2.24. The van der Waals surface area contributed by atoms with Crippen LogP contribution in [0.5, 0.6) is 0 Å². The van der Waals surface area contributed by atoms with Gasteiger partial charge in [-0.3, -0.25) is 9.89 Å². The first-order valence-electron chi connectivity index (χ1n) is 7.38. The zero-order valence-electron chi connectivity index (χ0n) is 13.6. The molecule has 0 amide bonds. The molecule has 1 N–H and O–H groups in total. The molecule has 2 heterocycles. The molecule has 120 valence electrons. The number of aromatic nitrogens is 3. The van der Waals surface area contributed by atoms with Crippen LogP contribution in [-0.4, -0.2) is 21.0 Å². The first-order valence-corrected chi connectivity index (χ1v) is 8.60. The summed E-state index contributed by atoms with van der Waals surface area (Å²) in [7, 11) is 0. The van der Waals surface area contributed by atoms with Crippen molar-refractivity contribution in [3.8, 4) is 23.0 Å². The van der Waals surface area contributed by atoms with Crippen LogP contribution in [0, 0.1) is 25.2 Å². The number of aryl methyl sites for hydroxylation is 2. The fourth-order valence-corrected chi connectivity index (χ4v) is 3.03. The van der Waals surface area contributed by atoms with E-state index in [1.165, 1.54) is 4.68 Å². The molecule has 0 saturated heterocycles. The second kappa shape index (κ2) is 6.38. The van der Waals surface area contributed by atoms with Gasteiger partial charge in [-0.05, 0) is 55.5 Å². The quantitative estimate of drug-likeness (QED) is 0.744. The predicted octanol–water partition coefficient (Wildman–Crippen LogP) is 3.44. The van der Waals surface area contributed by atoms with E-state index in [9.17, 15) is 4.79 Å². The second-order valence-electron chi connectivity index (χ2n) is 5.45. The highest BCUT2D eigenvalue weighted by molar-refractivity contribution is 7.98. The van der Waals surface area contributed by atoms with Crippen LogP contribution in [-0.2, 0) is 0 Å². The minimum absolute atomic E-state index is 0.148. The summed E-state index contributed by atoms with van der Waals surface area (Å²) in [6.45, 7) is 3.76. The van der Waals surface area contributed by atoms with Crippen molar-refractivity contribution >= 4 is 11.8 Å². The zero-order valence-corrected chi connectivity index (χ0v) is 14.4. The number of hydrogen-bond acceptors (Lipinski definition) is 4.